The number of fused-ring (bicyclic) bond motifs is 1. The van der Waals surface area contributed by atoms with E-state index in [2.05, 4.69) is 15.5 Å². The maximum atomic E-state index is 13.1. The summed E-state index contributed by atoms with van der Waals surface area (Å²) < 4.78 is 16.1. The fourth-order valence-electron chi connectivity index (χ4n) is 3.72. The molecule has 2 aromatic heterocycles. The number of carbonyl (C=O) groups excluding carboxylic acids is 1. The highest BCUT2D eigenvalue weighted by atomic mass is 19.1. The van der Waals surface area contributed by atoms with Crippen molar-refractivity contribution in [3.05, 3.63) is 87.7 Å². The van der Waals surface area contributed by atoms with Crippen LogP contribution in [0, 0.1) is 19.7 Å². The lowest BCUT2D eigenvalue weighted by atomic mass is 10.1. The Morgan fingerprint density at radius 1 is 1.06 bits per heavy atom. The van der Waals surface area contributed by atoms with Crippen molar-refractivity contribution in [2.24, 2.45) is 0 Å². The average Bonchev–Trinajstić information content (AvgIpc) is 3.24. The second kappa shape index (κ2) is 9.36. The van der Waals surface area contributed by atoms with Crippen molar-refractivity contribution in [3.63, 3.8) is 0 Å². The third-order valence-electron chi connectivity index (χ3n) is 5.63. The molecule has 0 bridgehead atoms. The summed E-state index contributed by atoms with van der Waals surface area (Å²) in [6.07, 6.45) is 2.52. The summed E-state index contributed by atoms with van der Waals surface area (Å²) in [5, 5.41) is 12.5. The first-order chi connectivity index (χ1) is 15.8. The molecule has 0 aliphatic carbocycles. The number of hydrogen-bond donors (Lipinski definition) is 1. The van der Waals surface area contributed by atoms with Gasteiger partial charge in [0.25, 0.3) is 5.56 Å². The molecule has 0 saturated heterocycles. The van der Waals surface area contributed by atoms with Gasteiger partial charge in [-0.3, -0.25) is 9.59 Å². The van der Waals surface area contributed by atoms with Gasteiger partial charge < -0.3 is 5.32 Å². The molecule has 7 nitrogen and oxygen atoms in total. The van der Waals surface area contributed by atoms with Crippen LogP contribution in [-0.2, 0) is 11.3 Å². The number of rotatable bonds is 7. The van der Waals surface area contributed by atoms with Crippen LogP contribution in [0.5, 0.6) is 0 Å². The van der Waals surface area contributed by atoms with Gasteiger partial charge in [-0.25, -0.2) is 13.8 Å². The van der Waals surface area contributed by atoms with Gasteiger partial charge in [0, 0.05) is 24.5 Å². The molecule has 2 heterocycles. The summed E-state index contributed by atoms with van der Waals surface area (Å²) in [6.45, 7) is 6.01. The van der Waals surface area contributed by atoms with E-state index in [1.54, 1.807) is 16.8 Å². The van der Waals surface area contributed by atoms with Crippen LogP contribution in [0.1, 0.15) is 42.6 Å². The lowest BCUT2D eigenvalue weighted by molar-refractivity contribution is -0.121. The van der Waals surface area contributed by atoms with Crippen LogP contribution in [0.25, 0.3) is 16.6 Å². The highest BCUT2D eigenvalue weighted by Gasteiger charge is 2.14. The van der Waals surface area contributed by atoms with Crippen LogP contribution in [0.4, 0.5) is 4.39 Å². The monoisotopic (exact) mass is 447 g/mol. The second-order valence-electron chi connectivity index (χ2n) is 8.23. The minimum Gasteiger partial charge on any atom is -0.350 e. The number of hydrogen-bond acceptors (Lipinski definition) is 4. The van der Waals surface area contributed by atoms with Crippen LogP contribution in [0.2, 0.25) is 0 Å². The van der Waals surface area contributed by atoms with Crippen molar-refractivity contribution in [1.82, 2.24) is 24.9 Å². The Kier molecular flexibility index (Phi) is 6.35. The first-order valence-electron chi connectivity index (χ1n) is 10.9. The number of amides is 1. The Labute approximate surface area is 190 Å². The molecule has 8 heteroatoms. The van der Waals surface area contributed by atoms with Crippen molar-refractivity contribution in [2.45, 2.75) is 46.2 Å². The van der Waals surface area contributed by atoms with Gasteiger partial charge in [-0.05, 0) is 57.0 Å². The van der Waals surface area contributed by atoms with Gasteiger partial charge in [0.15, 0.2) is 5.52 Å². The first-order valence-corrected chi connectivity index (χ1v) is 10.9. The maximum absolute atomic E-state index is 13.1. The zero-order valence-corrected chi connectivity index (χ0v) is 18.9. The lowest BCUT2D eigenvalue weighted by Gasteiger charge is -2.14. The van der Waals surface area contributed by atoms with Crippen LogP contribution in [-0.4, -0.2) is 25.5 Å². The normalized spacial score (nSPS) is 12.1. The lowest BCUT2D eigenvalue weighted by Crippen LogP contribution is -2.28. The van der Waals surface area contributed by atoms with Gasteiger partial charge in [-0.1, -0.05) is 29.8 Å². The minimum absolute atomic E-state index is 0.138. The number of aromatic nitrogens is 4. The van der Waals surface area contributed by atoms with Gasteiger partial charge in [-0.15, -0.1) is 0 Å². The summed E-state index contributed by atoms with van der Waals surface area (Å²) in [5.74, 6) is -0.451. The quantitative estimate of drug-likeness (QED) is 0.464. The summed E-state index contributed by atoms with van der Waals surface area (Å²) >= 11 is 0. The Balaban J connectivity index is 1.42. The summed E-state index contributed by atoms with van der Waals surface area (Å²) in [6, 6.07) is 13.7. The largest absolute Gasteiger partial charge is 0.350 e. The third kappa shape index (κ3) is 5.00. The van der Waals surface area contributed by atoms with E-state index in [-0.39, 0.29) is 29.7 Å². The fourth-order valence-corrected chi connectivity index (χ4v) is 3.72. The van der Waals surface area contributed by atoms with Gasteiger partial charge in [0.1, 0.15) is 5.82 Å². The van der Waals surface area contributed by atoms with E-state index in [0.29, 0.717) is 29.6 Å². The number of carbonyl (C=O) groups is 1. The number of nitrogens with zero attached hydrogens (tertiary/aromatic N) is 4. The van der Waals surface area contributed by atoms with Crippen molar-refractivity contribution < 1.29 is 9.18 Å². The predicted octanol–water partition coefficient (Wildman–Crippen LogP) is 4.00. The molecule has 4 aromatic rings. The SMILES string of the molecule is Cc1ccc(-n2cc3c(C)nn(CCCC(=O)NC(C)c4ccc(F)cc4)c(=O)c3n2)cc1. The van der Waals surface area contributed by atoms with E-state index < -0.39 is 0 Å². The van der Waals surface area contributed by atoms with E-state index in [1.807, 2.05) is 51.2 Å². The molecule has 0 saturated carbocycles. The predicted molar refractivity (Wildman–Crippen MR) is 125 cm³/mol. The van der Waals surface area contributed by atoms with Crippen LogP contribution < -0.4 is 10.9 Å². The van der Waals surface area contributed by atoms with E-state index in [4.69, 9.17) is 0 Å². The Hall–Kier alpha value is -3.81. The first kappa shape index (κ1) is 22.4. The Morgan fingerprint density at radius 2 is 1.76 bits per heavy atom. The highest BCUT2D eigenvalue weighted by Crippen LogP contribution is 2.16. The van der Waals surface area contributed by atoms with Crippen molar-refractivity contribution in [1.29, 1.82) is 0 Å². The van der Waals surface area contributed by atoms with E-state index in [0.717, 1.165) is 16.8 Å². The molecular weight excluding hydrogens is 421 g/mol. The topological polar surface area (TPSA) is 81.8 Å². The molecule has 4 rings (SSSR count). The van der Waals surface area contributed by atoms with Gasteiger partial charge in [0.05, 0.1) is 17.4 Å². The second-order valence-corrected chi connectivity index (χ2v) is 8.23. The van der Waals surface area contributed by atoms with Crippen LogP contribution >= 0.6 is 0 Å². The summed E-state index contributed by atoms with van der Waals surface area (Å²) in [7, 11) is 0. The summed E-state index contributed by atoms with van der Waals surface area (Å²) in [4.78, 5) is 25.3. The molecule has 0 aliphatic rings. The Bertz CT molecular complexity index is 1340. The standard InChI is InChI=1S/C25H26FN5O2/c1-16-6-12-21(13-7-16)31-15-22-18(3)28-30(25(33)24(22)29-31)14-4-5-23(32)27-17(2)19-8-10-20(26)11-9-19/h6-13,15,17H,4-5,14H2,1-3H3,(H,27,32). The molecule has 0 fully saturated rings. The molecule has 1 N–H and O–H groups in total. The van der Waals surface area contributed by atoms with Crippen molar-refractivity contribution >= 4 is 16.8 Å². The van der Waals surface area contributed by atoms with E-state index in [9.17, 15) is 14.0 Å². The molecule has 0 radical (unpaired) electrons. The van der Waals surface area contributed by atoms with Crippen LogP contribution in [0.3, 0.4) is 0 Å². The molecule has 2 aromatic carbocycles. The molecule has 0 spiro atoms. The Morgan fingerprint density at radius 3 is 2.45 bits per heavy atom. The molecule has 170 valence electrons. The smallest absolute Gasteiger partial charge is 0.295 e. The highest BCUT2D eigenvalue weighted by molar-refractivity contribution is 5.79. The van der Waals surface area contributed by atoms with Crippen molar-refractivity contribution in [3.8, 4) is 5.69 Å². The molecule has 1 atom stereocenters. The fraction of sp³-hybridized carbons (Fsp3) is 0.280. The zero-order chi connectivity index (χ0) is 23.5. The maximum Gasteiger partial charge on any atom is 0.295 e. The molecule has 33 heavy (non-hydrogen) atoms. The number of halogens is 1. The molecule has 1 unspecified atom stereocenters. The third-order valence-corrected chi connectivity index (χ3v) is 5.63. The summed E-state index contributed by atoms with van der Waals surface area (Å²) in [5.41, 5.74) is 3.63. The van der Waals surface area contributed by atoms with Gasteiger partial charge >= 0.3 is 0 Å². The number of nitrogens with one attached hydrogen (secondary N) is 1. The molecule has 0 aliphatic heterocycles. The van der Waals surface area contributed by atoms with Crippen molar-refractivity contribution in [2.75, 3.05) is 0 Å². The minimum atomic E-state index is -0.314. The van der Waals surface area contributed by atoms with Gasteiger partial charge in [0.2, 0.25) is 5.91 Å². The van der Waals surface area contributed by atoms with Gasteiger partial charge in [-0.2, -0.15) is 10.2 Å². The number of aryl methyl sites for hydroxylation is 3. The molecular formula is C25H26FN5O2. The molecule has 1 amide bonds. The van der Waals surface area contributed by atoms with Crippen LogP contribution in [0.15, 0.2) is 59.5 Å². The zero-order valence-electron chi connectivity index (χ0n) is 18.9. The number of benzene rings is 2. The average molecular weight is 448 g/mol. The van der Waals surface area contributed by atoms with E-state index in [1.165, 1.54) is 16.8 Å². The van der Waals surface area contributed by atoms with E-state index >= 15 is 0 Å².